The molecule has 1 rings (SSSR count). The fraction of sp³-hybridized carbons (Fsp3) is 0.455. The van der Waals surface area contributed by atoms with Crippen LogP contribution in [0.1, 0.15) is 18.9 Å². The second-order valence-electron chi connectivity index (χ2n) is 3.83. The maximum absolute atomic E-state index is 5.92. The van der Waals surface area contributed by atoms with Gasteiger partial charge in [-0.15, -0.1) is 0 Å². The molecule has 0 spiro atoms. The molecule has 1 unspecified atom stereocenters. The van der Waals surface area contributed by atoms with Gasteiger partial charge < -0.3 is 4.74 Å². The van der Waals surface area contributed by atoms with Crippen LogP contribution in [0.5, 0.6) is 5.75 Å². The smallest absolute Gasteiger partial charge is 0.139 e. The molecule has 0 aliphatic heterocycles. The first kappa shape index (κ1) is 11.2. The molecule has 0 amide bonds. The molecule has 14 heavy (non-hydrogen) atoms. The molecule has 0 radical (unpaired) electrons. The van der Waals surface area contributed by atoms with Gasteiger partial charge in [0.2, 0.25) is 0 Å². The fourth-order valence-electron chi connectivity index (χ4n) is 1.47. The summed E-state index contributed by atoms with van der Waals surface area (Å²) in [5.74, 6) is 1.04. The number of hydrogen-bond acceptors (Lipinski definition) is 1. The van der Waals surface area contributed by atoms with Crippen molar-refractivity contribution in [3.8, 4) is 5.75 Å². The van der Waals surface area contributed by atoms with Crippen LogP contribution < -0.4 is 10.2 Å². The highest BCUT2D eigenvalue weighted by Gasteiger charge is 2.06. The first-order chi connectivity index (χ1) is 6.67. The van der Waals surface area contributed by atoms with E-state index in [9.17, 15) is 0 Å². The maximum atomic E-state index is 5.92. The van der Waals surface area contributed by atoms with Crippen LogP contribution in [0, 0.1) is 6.92 Å². The van der Waals surface area contributed by atoms with Crippen LogP contribution in [0.4, 0.5) is 0 Å². The van der Waals surface area contributed by atoms with Gasteiger partial charge in [-0.25, -0.2) is 0 Å². The largest absolute Gasteiger partial charge is 0.491 e. The highest BCUT2D eigenvalue weighted by molar-refractivity contribution is 6.32. The zero-order valence-electron chi connectivity index (χ0n) is 9.63. The van der Waals surface area contributed by atoms with E-state index in [-0.39, 0.29) is 0 Å². The normalized spacial score (nSPS) is 12.4. The predicted molar refractivity (Wildman–Crippen MR) is 67.4 cm³/mol. The lowest BCUT2D eigenvalue weighted by Crippen LogP contribution is -2.16. The zero-order valence-corrected chi connectivity index (χ0v) is 9.63. The van der Waals surface area contributed by atoms with Crippen molar-refractivity contribution in [1.82, 2.24) is 0 Å². The van der Waals surface area contributed by atoms with Crippen molar-refractivity contribution in [2.75, 3.05) is 0 Å². The third kappa shape index (κ3) is 2.83. The highest BCUT2D eigenvalue weighted by Crippen LogP contribution is 2.18. The predicted octanol–water partition coefficient (Wildman–Crippen LogP) is 0.462. The minimum absolute atomic E-state index is 0.357. The second kappa shape index (κ2) is 5.14. The Morgan fingerprint density at radius 1 is 1.43 bits per heavy atom. The summed E-state index contributed by atoms with van der Waals surface area (Å²) in [4.78, 5) is 0. The summed E-state index contributed by atoms with van der Waals surface area (Å²) in [5.41, 5.74) is 2.49. The molecule has 0 aliphatic rings. The van der Waals surface area contributed by atoms with Crippen molar-refractivity contribution in [3.63, 3.8) is 0 Å². The van der Waals surface area contributed by atoms with E-state index < -0.39 is 0 Å². The molecule has 0 aromatic heterocycles. The summed E-state index contributed by atoms with van der Waals surface area (Å²) in [6, 6.07) is 6.36. The van der Waals surface area contributed by atoms with Gasteiger partial charge in [-0.1, -0.05) is 24.5 Å². The Morgan fingerprint density at radius 3 is 2.71 bits per heavy atom. The van der Waals surface area contributed by atoms with Crippen molar-refractivity contribution in [1.29, 1.82) is 0 Å². The Labute approximate surface area is 88.7 Å². The molecule has 0 bridgehead atoms. The van der Waals surface area contributed by atoms with Crippen LogP contribution >= 0.6 is 0 Å². The van der Waals surface area contributed by atoms with Crippen LogP contribution in [0.15, 0.2) is 18.2 Å². The number of hydrogen-bond donors (Lipinski definition) is 0. The molecule has 3 heteroatoms. The van der Waals surface area contributed by atoms with Crippen LogP contribution in [0.25, 0.3) is 0 Å². The van der Waals surface area contributed by atoms with Crippen LogP contribution in [0.3, 0.4) is 0 Å². The first-order valence-corrected chi connectivity index (χ1v) is 5.41. The molecule has 0 saturated carbocycles. The standard InChI is InChI=1S/C11H18B2O/c1-3-10(7-12)14-11-6-9(13)5-4-8(11)2/h4-6,10H,3,7,12-13H2,1-2H3. The molecule has 0 heterocycles. The highest BCUT2D eigenvalue weighted by atomic mass is 16.5. The molecule has 1 nitrogen and oxygen atoms in total. The summed E-state index contributed by atoms with van der Waals surface area (Å²) >= 11 is 0. The molecule has 1 aromatic rings. The minimum Gasteiger partial charge on any atom is -0.491 e. The molecular weight excluding hydrogens is 170 g/mol. The van der Waals surface area contributed by atoms with Crippen molar-refractivity contribution in [2.45, 2.75) is 32.7 Å². The second-order valence-corrected chi connectivity index (χ2v) is 3.83. The molecular formula is C11H18B2O. The van der Waals surface area contributed by atoms with Gasteiger partial charge in [0, 0.05) is 0 Å². The summed E-state index contributed by atoms with van der Waals surface area (Å²) in [5, 5.41) is 0. The SMILES string of the molecule is BCC(CC)Oc1cc(B)ccc1C. The summed E-state index contributed by atoms with van der Waals surface area (Å²) in [7, 11) is 4.26. The van der Waals surface area contributed by atoms with Gasteiger partial charge in [-0.3, -0.25) is 0 Å². The van der Waals surface area contributed by atoms with Gasteiger partial charge in [-0.05, 0) is 31.3 Å². The van der Waals surface area contributed by atoms with E-state index in [1.54, 1.807) is 0 Å². The third-order valence-corrected chi connectivity index (χ3v) is 2.55. The molecule has 74 valence electrons. The average molecular weight is 188 g/mol. The lowest BCUT2D eigenvalue weighted by Gasteiger charge is -2.17. The van der Waals surface area contributed by atoms with E-state index in [0.29, 0.717) is 6.10 Å². The molecule has 0 N–H and O–H groups in total. The molecule has 0 fully saturated rings. The van der Waals surface area contributed by atoms with E-state index in [4.69, 9.17) is 4.74 Å². The number of rotatable bonds is 4. The minimum atomic E-state index is 0.357. The van der Waals surface area contributed by atoms with E-state index in [0.717, 1.165) is 18.5 Å². The van der Waals surface area contributed by atoms with E-state index in [1.807, 2.05) is 0 Å². The monoisotopic (exact) mass is 188 g/mol. The van der Waals surface area contributed by atoms with Gasteiger partial charge in [-0.2, -0.15) is 0 Å². The lowest BCUT2D eigenvalue weighted by atomic mass is 9.94. The third-order valence-electron chi connectivity index (χ3n) is 2.55. The van der Waals surface area contributed by atoms with Gasteiger partial charge in [0.15, 0.2) is 0 Å². The van der Waals surface area contributed by atoms with Crippen molar-refractivity contribution < 1.29 is 4.74 Å². The molecule has 0 saturated heterocycles. The number of benzene rings is 1. The summed E-state index contributed by atoms with van der Waals surface area (Å²) in [6.45, 7) is 4.26. The van der Waals surface area contributed by atoms with Gasteiger partial charge in [0.25, 0.3) is 0 Å². The van der Waals surface area contributed by atoms with Crippen LogP contribution in [0.2, 0.25) is 6.32 Å². The van der Waals surface area contributed by atoms with Gasteiger partial charge >= 0.3 is 0 Å². The Kier molecular flexibility index (Phi) is 4.12. The first-order valence-electron chi connectivity index (χ1n) is 5.41. The lowest BCUT2D eigenvalue weighted by molar-refractivity contribution is 0.216. The quantitative estimate of drug-likeness (QED) is 0.623. The van der Waals surface area contributed by atoms with E-state index >= 15 is 0 Å². The Morgan fingerprint density at radius 2 is 2.14 bits per heavy atom. The Hall–Kier alpha value is -0.850. The van der Waals surface area contributed by atoms with E-state index in [1.165, 1.54) is 11.0 Å². The van der Waals surface area contributed by atoms with Gasteiger partial charge in [0.05, 0.1) is 6.10 Å². The summed E-state index contributed by atoms with van der Waals surface area (Å²) < 4.78 is 5.92. The number of ether oxygens (including phenoxy) is 1. The van der Waals surface area contributed by atoms with Crippen molar-refractivity contribution in [2.24, 2.45) is 0 Å². The molecule has 1 atom stereocenters. The summed E-state index contributed by atoms with van der Waals surface area (Å²) in [6.07, 6.45) is 2.50. The zero-order chi connectivity index (χ0) is 10.6. The number of aryl methyl sites for hydroxylation is 1. The molecule has 1 aromatic carbocycles. The topological polar surface area (TPSA) is 9.23 Å². The fourth-order valence-corrected chi connectivity index (χ4v) is 1.47. The van der Waals surface area contributed by atoms with Crippen molar-refractivity contribution >= 4 is 21.2 Å². The van der Waals surface area contributed by atoms with Crippen LogP contribution in [-0.2, 0) is 0 Å². The Bertz CT molecular complexity index is 295. The Balaban J connectivity index is 2.79. The molecule has 0 aliphatic carbocycles. The van der Waals surface area contributed by atoms with E-state index in [2.05, 4.69) is 47.7 Å². The van der Waals surface area contributed by atoms with Crippen molar-refractivity contribution in [3.05, 3.63) is 23.8 Å². The average Bonchev–Trinajstić information content (AvgIpc) is 2.19. The maximum Gasteiger partial charge on any atom is 0.139 e. The van der Waals surface area contributed by atoms with Gasteiger partial charge in [0.1, 0.15) is 21.4 Å². The van der Waals surface area contributed by atoms with Crippen LogP contribution in [-0.4, -0.2) is 21.8 Å².